The van der Waals surface area contributed by atoms with Crippen molar-refractivity contribution >= 4 is 28.3 Å². The third-order valence-electron chi connectivity index (χ3n) is 4.49. The zero-order valence-corrected chi connectivity index (χ0v) is 15.4. The second-order valence-corrected chi connectivity index (χ2v) is 7.63. The molecule has 8 nitrogen and oxygen atoms in total. The largest absolute Gasteiger partial charge is 0.497 e. The molecule has 0 unspecified atom stereocenters. The summed E-state index contributed by atoms with van der Waals surface area (Å²) in [5, 5.41) is 20.6. The number of carbonyl (C=O) groups is 2. The number of carboxylic acids is 1. The molecule has 0 radical (unpaired) electrons. The van der Waals surface area contributed by atoms with Crippen LogP contribution in [0, 0.1) is 17.3 Å². The van der Waals surface area contributed by atoms with Crippen molar-refractivity contribution < 1.29 is 24.2 Å². The van der Waals surface area contributed by atoms with Crippen LogP contribution in [-0.2, 0) is 16.2 Å². The highest BCUT2D eigenvalue weighted by Gasteiger charge is 2.66. The molecule has 2 N–H and O–H groups in total. The van der Waals surface area contributed by atoms with Gasteiger partial charge >= 0.3 is 5.97 Å². The van der Waals surface area contributed by atoms with Crippen LogP contribution in [0.2, 0.25) is 0 Å². The summed E-state index contributed by atoms with van der Waals surface area (Å²) in [5.41, 5.74) is -0.555. The van der Waals surface area contributed by atoms with Crippen molar-refractivity contribution in [1.82, 2.24) is 10.2 Å². The van der Waals surface area contributed by atoms with Crippen LogP contribution in [0.1, 0.15) is 18.9 Å². The molecular formula is C17H19N3O5S. The monoisotopic (exact) mass is 377 g/mol. The number of amides is 1. The summed E-state index contributed by atoms with van der Waals surface area (Å²) in [6, 6.07) is 7.14. The topological polar surface area (TPSA) is 111 Å². The minimum absolute atomic E-state index is 0.215. The Hall–Kier alpha value is -2.68. The lowest BCUT2D eigenvalue weighted by atomic mass is 10.1. The minimum Gasteiger partial charge on any atom is -0.497 e. The minimum atomic E-state index is -0.957. The van der Waals surface area contributed by atoms with E-state index >= 15 is 0 Å². The molecule has 2 aromatic rings. The first-order chi connectivity index (χ1) is 12.3. The van der Waals surface area contributed by atoms with Gasteiger partial charge in [-0.1, -0.05) is 25.2 Å². The number of benzene rings is 1. The van der Waals surface area contributed by atoms with E-state index in [4.69, 9.17) is 14.6 Å². The molecule has 1 saturated carbocycles. The molecule has 138 valence electrons. The summed E-state index contributed by atoms with van der Waals surface area (Å²) in [7, 11) is 1.59. The molecule has 1 aromatic heterocycles. The zero-order chi connectivity index (χ0) is 18.9. The highest BCUT2D eigenvalue weighted by molar-refractivity contribution is 7.15. The lowest BCUT2D eigenvalue weighted by Crippen LogP contribution is -2.17. The normalized spacial score (nSPS) is 20.3. The fourth-order valence-corrected chi connectivity index (χ4v) is 3.61. The van der Waals surface area contributed by atoms with E-state index in [0.29, 0.717) is 15.9 Å². The number of hydrogen-bond donors (Lipinski definition) is 2. The molecule has 9 heteroatoms. The third kappa shape index (κ3) is 3.62. The highest BCUT2D eigenvalue weighted by Crippen LogP contribution is 2.58. The molecule has 1 fully saturated rings. The number of nitrogens with zero attached hydrogens (tertiary/aromatic N) is 2. The van der Waals surface area contributed by atoms with E-state index in [2.05, 4.69) is 15.5 Å². The van der Waals surface area contributed by atoms with Crippen molar-refractivity contribution in [2.24, 2.45) is 17.3 Å². The number of rotatable bonds is 7. The van der Waals surface area contributed by atoms with Gasteiger partial charge in [-0.15, -0.1) is 10.2 Å². The van der Waals surface area contributed by atoms with E-state index in [1.807, 2.05) is 0 Å². The summed E-state index contributed by atoms with van der Waals surface area (Å²) >= 11 is 1.19. The van der Waals surface area contributed by atoms with Gasteiger partial charge in [-0.25, -0.2) is 0 Å². The molecule has 1 aliphatic carbocycles. The van der Waals surface area contributed by atoms with E-state index in [9.17, 15) is 9.59 Å². The summed E-state index contributed by atoms with van der Waals surface area (Å²) in [4.78, 5) is 23.5. The molecule has 2 atom stereocenters. The van der Waals surface area contributed by atoms with Crippen molar-refractivity contribution in [3.8, 4) is 11.5 Å². The van der Waals surface area contributed by atoms with Gasteiger partial charge in [0.25, 0.3) is 0 Å². The van der Waals surface area contributed by atoms with Crippen LogP contribution in [0.3, 0.4) is 0 Å². The predicted octanol–water partition coefficient (Wildman–Crippen LogP) is 2.42. The van der Waals surface area contributed by atoms with Crippen LogP contribution < -0.4 is 14.8 Å². The Morgan fingerprint density at radius 2 is 1.85 bits per heavy atom. The van der Waals surface area contributed by atoms with Crippen LogP contribution in [0.5, 0.6) is 11.5 Å². The Balaban J connectivity index is 1.55. The van der Waals surface area contributed by atoms with Crippen LogP contribution in [0.15, 0.2) is 24.3 Å². The van der Waals surface area contributed by atoms with E-state index in [0.717, 1.165) is 5.75 Å². The van der Waals surface area contributed by atoms with Gasteiger partial charge in [0, 0.05) is 0 Å². The number of methoxy groups -OCH3 is 1. The van der Waals surface area contributed by atoms with Gasteiger partial charge in [-0.05, 0) is 29.7 Å². The summed E-state index contributed by atoms with van der Waals surface area (Å²) < 4.78 is 10.7. The van der Waals surface area contributed by atoms with E-state index < -0.39 is 23.2 Å². The number of carboxylic acid groups (broad SMARTS) is 1. The van der Waals surface area contributed by atoms with Crippen molar-refractivity contribution in [2.45, 2.75) is 20.5 Å². The maximum atomic E-state index is 12.3. The van der Waals surface area contributed by atoms with Crippen molar-refractivity contribution in [3.05, 3.63) is 29.3 Å². The lowest BCUT2D eigenvalue weighted by molar-refractivity contribution is -0.140. The molecular weight excluding hydrogens is 358 g/mol. The maximum Gasteiger partial charge on any atom is 0.307 e. The van der Waals surface area contributed by atoms with Gasteiger partial charge in [0.1, 0.15) is 18.1 Å². The average molecular weight is 377 g/mol. The van der Waals surface area contributed by atoms with Crippen molar-refractivity contribution in [3.63, 3.8) is 0 Å². The smallest absolute Gasteiger partial charge is 0.307 e. The van der Waals surface area contributed by atoms with E-state index in [-0.39, 0.29) is 12.5 Å². The first-order valence-corrected chi connectivity index (χ1v) is 8.77. The third-order valence-corrected chi connectivity index (χ3v) is 5.31. The van der Waals surface area contributed by atoms with Gasteiger partial charge in [0.05, 0.1) is 18.9 Å². The SMILES string of the molecule is COc1ccc(OCc2nnc(NC(=O)[C@@H]3[C@@H](C(=O)O)C3(C)C)s2)cc1. The first kappa shape index (κ1) is 18.1. The molecule has 1 heterocycles. The van der Waals surface area contributed by atoms with Gasteiger partial charge in [-0.2, -0.15) is 0 Å². The number of aliphatic carboxylic acids is 1. The lowest BCUT2D eigenvalue weighted by Gasteiger charge is -2.04. The molecule has 0 spiro atoms. The Morgan fingerprint density at radius 1 is 1.19 bits per heavy atom. The van der Waals surface area contributed by atoms with Crippen LogP contribution >= 0.6 is 11.3 Å². The summed E-state index contributed by atoms with van der Waals surface area (Å²) in [5.74, 6) is -1.14. The van der Waals surface area contributed by atoms with E-state index in [1.165, 1.54) is 11.3 Å². The van der Waals surface area contributed by atoms with Gasteiger partial charge < -0.3 is 19.9 Å². The van der Waals surface area contributed by atoms with Crippen LogP contribution in [0.4, 0.5) is 5.13 Å². The fraction of sp³-hybridized carbons (Fsp3) is 0.412. The first-order valence-electron chi connectivity index (χ1n) is 7.96. The Bertz CT molecular complexity index is 818. The second kappa shape index (κ2) is 6.91. The number of anilines is 1. The van der Waals surface area contributed by atoms with Gasteiger partial charge in [0.2, 0.25) is 11.0 Å². The standard InChI is InChI=1S/C17H19N3O5S/c1-17(2)12(13(17)15(22)23)14(21)18-16-20-19-11(26-16)8-25-10-6-4-9(24-3)5-7-10/h4-7,12-13H,8H2,1-3H3,(H,22,23)(H,18,20,21)/t12-,13-/m0/s1. The Labute approximate surface area is 154 Å². The molecule has 0 aliphatic heterocycles. The summed E-state index contributed by atoms with van der Waals surface area (Å²) in [6.07, 6.45) is 0. The number of hydrogen-bond acceptors (Lipinski definition) is 7. The number of aromatic nitrogens is 2. The van der Waals surface area contributed by atoms with Crippen LogP contribution in [0.25, 0.3) is 0 Å². The molecule has 3 rings (SSSR count). The van der Waals surface area contributed by atoms with Crippen molar-refractivity contribution in [2.75, 3.05) is 12.4 Å². The number of ether oxygens (including phenoxy) is 2. The van der Waals surface area contributed by atoms with E-state index in [1.54, 1.807) is 45.2 Å². The quantitative estimate of drug-likeness (QED) is 0.762. The Morgan fingerprint density at radius 3 is 2.42 bits per heavy atom. The zero-order valence-electron chi connectivity index (χ0n) is 14.6. The molecule has 1 amide bonds. The van der Waals surface area contributed by atoms with Crippen molar-refractivity contribution in [1.29, 1.82) is 0 Å². The molecule has 0 bridgehead atoms. The average Bonchev–Trinajstić information content (AvgIpc) is 2.95. The summed E-state index contributed by atoms with van der Waals surface area (Å²) in [6.45, 7) is 3.75. The fourth-order valence-electron chi connectivity index (χ4n) is 2.95. The van der Waals surface area contributed by atoms with Crippen LogP contribution in [-0.4, -0.2) is 34.3 Å². The molecule has 26 heavy (non-hydrogen) atoms. The van der Waals surface area contributed by atoms with Gasteiger partial charge in [0.15, 0.2) is 5.01 Å². The molecule has 1 aliphatic rings. The maximum absolute atomic E-state index is 12.3. The highest BCUT2D eigenvalue weighted by atomic mass is 32.1. The van der Waals surface area contributed by atoms with Gasteiger partial charge in [-0.3, -0.25) is 9.59 Å². The second-order valence-electron chi connectivity index (χ2n) is 6.57. The Kier molecular flexibility index (Phi) is 4.82. The molecule has 1 aromatic carbocycles. The molecule has 0 saturated heterocycles. The number of carbonyl (C=O) groups excluding carboxylic acids is 1. The number of nitrogens with one attached hydrogen (secondary N) is 1. The predicted molar refractivity (Wildman–Crippen MR) is 94.3 cm³/mol.